The van der Waals surface area contributed by atoms with Crippen LogP contribution in [0.2, 0.25) is 0 Å². The number of methoxy groups -OCH3 is 1. The quantitative estimate of drug-likeness (QED) is 0.610. The van der Waals surface area contributed by atoms with Gasteiger partial charge in [-0.1, -0.05) is 0 Å². The highest BCUT2D eigenvalue weighted by atomic mass is 16.5. The fourth-order valence-corrected chi connectivity index (χ4v) is 1.46. The van der Waals surface area contributed by atoms with Crippen LogP contribution in [0.5, 0.6) is 11.5 Å². The van der Waals surface area contributed by atoms with E-state index in [1.54, 1.807) is 0 Å². The van der Waals surface area contributed by atoms with Crippen LogP contribution in [0, 0.1) is 0 Å². The number of fused-ring (bicyclic) bond motifs is 1. The summed E-state index contributed by atoms with van der Waals surface area (Å²) in [5.41, 5.74) is -0.295. The highest BCUT2D eigenvalue weighted by Gasteiger charge is 2.10. The minimum atomic E-state index is -0.640. The topological polar surface area (TPSA) is 76.7 Å². The van der Waals surface area contributed by atoms with Crippen LogP contribution in [0.3, 0.4) is 0 Å². The predicted octanol–water partition coefficient (Wildman–Crippen LogP) is 1.32. The Kier molecular flexibility index (Phi) is 2.36. The molecule has 1 aromatic carbocycles. The Morgan fingerprint density at radius 1 is 1.38 bits per heavy atom. The lowest BCUT2D eigenvalue weighted by Gasteiger charge is -2.05. The normalized spacial score (nSPS) is 10.3. The van der Waals surface area contributed by atoms with Crippen LogP contribution in [-0.2, 0) is 0 Å². The maximum atomic E-state index is 11.1. The van der Waals surface area contributed by atoms with Crippen molar-refractivity contribution in [2.45, 2.75) is 0 Å². The lowest BCUT2D eigenvalue weighted by Crippen LogP contribution is -2.00. The first-order valence-electron chi connectivity index (χ1n) is 4.45. The lowest BCUT2D eigenvalue weighted by molar-refractivity contribution is 0.112. The van der Waals surface area contributed by atoms with Crippen LogP contribution in [0.4, 0.5) is 0 Å². The fourth-order valence-electron chi connectivity index (χ4n) is 1.46. The molecule has 0 saturated heterocycles. The predicted molar refractivity (Wildman–Crippen MR) is 56.1 cm³/mol. The van der Waals surface area contributed by atoms with E-state index in [-0.39, 0.29) is 22.6 Å². The first kappa shape index (κ1) is 10.2. The molecule has 0 unspecified atom stereocenters. The van der Waals surface area contributed by atoms with Crippen molar-refractivity contribution < 1.29 is 19.1 Å². The van der Waals surface area contributed by atoms with Gasteiger partial charge in [0.1, 0.15) is 5.58 Å². The third-order valence-electron chi connectivity index (χ3n) is 2.20. The molecular formula is C11H8O5. The second kappa shape index (κ2) is 3.69. The van der Waals surface area contributed by atoms with E-state index in [1.165, 1.54) is 19.2 Å². The third kappa shape index (κ3) is 1.52. The number of phenolic OH excluding ortho intramolecular Hbond substituents is 1. The summed E-state index contributed by atoms with van der Waals surface area (Å²) in [6.45, 7) is 0. The summed E-state index contributed by atoms with van der Waals surface area (Å²) in [6, 6.07) is 3.77. The molecule has 0 aliphatic rings. The maximum absolute atomic E-state index is 11.1. The number of hydrogen-bond acceptors (Lipinski definition) is 5. The summed E-state index contributed by atoms with van der Waals surface area (Å²) in [4.78, 5) is 21.9. The number of ether oxygens (including phenoxy) is 1. The zero-order valence-corrected chi connectivity index (χ0v) is 8.39. The SMILES string of the molecule is COc1cc2c(C=O)cc(=O)oc2cc1O. The monoisotopic (exact) mass is 220 g/mol. The highest BCUT2D eigenvalue weighted by Crippen LogP contribution is 2.31. The number of carbonyl (C=O) groups excluding carboxylic acids is 1. The molecule has 2 aromatic rings. The van der Waals surface area contributed by atoms with Gasteiger partial charge in [-0.05, 0) is 6.07 Å². The molecule has 16 heavy (non-hydrogen) atoms. The minimum Gasteiger partial charge on any atom is -0.504 e. The molecule has 0 amide bonds. The van der Waals surface area contributed by atoms with Gasteiger partial charge in [-0.2, -0.15) is 0 Å². The number of phenols is 1. The average molecular weight is 220 g/mol. The van der Waals surface area contributed by atoms with Crippen molar-refractivity contribution in [1.29, 1.82) is 0 Å². The molecule has 0 saturated carbocycles. The Balaban J connectivity index is 2.90. The van der Waals surface area contributed by atoms with E-state index >= 15 is 0 Å². The molecule has 0 aliphatic carbocycles. The van der Waals surface area contributed by atoms with Gasteiger partial charge in [-0.25, -0.2) is 4.79 Å². The van der Waals surface area contributed by atoms with Crippen molar-refractivity contribution in [3.8, 4) is 11.5 Å². The molecule has 0 fully saturated rings. The van der Waals surface area contributed by atoms with Gasteiger partial charge in [0.2, 0.25) is 0 Å². The van der Waals surface area contributed by atoms with E-state index in [9.17, 15) is 14.7 Å². The van der Waals surface area contributed by atoms with E-state index in [1.807, 2.05) is 0 Å². The van der Waals surface area contributed by atoms with Gasteiger partial charge in [-0.3, -0.25) is 4.79 Å². The molecule has 1 heterocycles. The van der Waals surface area contributed by atoms with Crippen LogP contribution in [0.25, 0.3) is 11.0 Å². The number of benzene rings is 1. The van der Waals surface area contributed by atoms with Crippen molar-refractivity contribution >= 4 is 17.3 Å². The van der Waals surface area contributed by atoms with E-state index in [4.69, 9.17) is 9.15 Å². The molecule has 0 atom stereocenters. The molecule has 1 aromatic heterocycles. The minimum absolute atomic E-state index is 0.146. The molecule has 82 valence electrons. The molecule has 2 rings (SSSR count). The summed E-state index contributed by atoms with van der Waals surface area (Å²) < 4.78 is 9.75. The molecule has 0 bridgehead atoms. The zero-order valence-electron chi connectivity index (χ0n) is 8.39. The Labute approximate surface area is 89.9 Å². The van der Waals surface area contributed by atoms with Gasteiger partial charge in [0, 0.05) is 23.1 Å². The molecule has 0 radical (unpaired) electrons. The van der Waals surface area contributed by atoms with Crippen LogP contribution in [0.15, 0.2) is 27.4 Å². The van der Waals surface area contributed by atoms with Gasteiger partial charge in [0.05, 0.1) is 7.11 Å². The summed E-state index contributed by atoms with van der Waals surface area (Å²) in [5.74, 6) is 0.0608. The Morgan fingerprint density at radius 3 is 2.75 bits per heavy atom. The number of carbonyl (C=O) groups is 1. The molecule has 5 nitrogen and oxygen atoms in total. The summed E-state index contributed by atoms with van der Waals surface area (Å²) in [5, 5.41) is 9.91. The van der Waals surface area contributed by atoms with Crippen LogP contribution < -0.4 is 10.4 Å². The Morgan fingerprint density at radius 2 is 2.12 bits per heavy atom. The summed E-state index contributed by atoms with van der Waals surface area (Å²) >= 11 is 0. The van der Waals surface area contributed by atoms with Crippen molar-refractivity contribution in [2.75, 3.05) is 7.11 Å². The zero-order chi connectivity index (χ0) is 11.7. The van der Waals surface area contributed by atoms with Crippen LogP contribution in [-0.4, -0.2) is 18.5 Å². The summed E-state index contributed by atoms with van der Waals surface area (Å²) in [7, 11) is 1.39. The highest BCUT2D eigenvalue weighted by molar-refractivity contribution is 5.96. The van der Waals surface area contributed by atoms with Crippen molar-refractivity contribution in [2.24, 2.45) is 0 Å². The van der Waals surface area contributed by atoms with Crippen LogP contribution >= 0.6 is 0 Å². The van der Waals surface area contributed by atoms with Crippen LogP contribution in [0.1, 0.15) is 10.4 Å². The maximum Gasteiger partial charge on any atom is 0.336 e. The molecule has 0 aliphatic heterocycles. The van der Waals surface area contributed by atoms with E-state index in [0.29, 0.717) is 11.7 Å². The average Bonchev–Trinajstić information content (AvgIpc) is 2.26. The first-order valence-corrected chi connectivity index (χ1v) is 4.45. The second-order valence-corrected chi connectivity index (χ2v) is 3.16. The Bertz CT molecular complexity index is 612. The van der Waals surface area contributed by atoms with E-state index in [2.05, 4.69) is 0 Å². The largest absolute Gasteiger partial charge is 0.504 e. The van der Waals surface area contributed by atoms with Gasteiger partial charge >= 0.3 is 5.63 Å². The molecular weight excluding hydrogens is 212 g/mol. The van der Waals surface area contributed by atoms with E-state index in [0.717, 1.165) is 6.07 Å². The van der Waals surface area contributed by atoms with E-state index < -0.39 is 5.63 Å². The molecule has 1 N–H and O–H groups in total. The lowest BCUT2D eigenvalue weighted by atomic mass is 10.1. The standard InChI is InChI=1S/C11H8O5/c1-15-10-3-7-6(5-12)2-11(14)16-9(7)4-8(10)13/h2-5,13H,1H3. The van der Waals surface area contributed by atoms with Crippen molar-refractivity contribution in [3.05, 3.63) is 34.2 Å². The fraction of sp³-hybridized carbons (Fsp3) is 0.0909. The van der Waals surface area contributed by atoms with Gasteiger partial charge in [0.25, 0.3) is 0 Å². The van der Waals surface area contributed by atoms with Gasteiger partial charge in [-0.15, -0.1) is 0 Å². The number of hydrogen-bond donors (Lipinski definition) is 1. The number of rotatable bonds is 2. The first-order chi connectivity index (χ1) is 7.65. The van der Waals surface area contributed by atoms with Gasteiger partial charge < -0.3 is 14.3 Å². The summed E-state index contributed by atoms with van der Waals surface area (Å²) in [6.07, 6.45) is 0.551. The second-order valence-electron chi connectivity index (χ2n) is 3.16. The number of aldehydes is 1. The Hall–Kier alpha value is -2.30. The smallest absolute Gasteiger partial charge is 0.336 e. The van der Waals surface area contributed by atoms with Crippen molar-refractivity contribution in [1.82, 2.24) is 0 Å². The number of aromatic hydroxyl groups is 1. The molecule has 5 heteroatoms. The molecule has 0 spiro atoms. The van der Waals surface area contributed by atoms with Crippen molar-refractivity contribution in [3.63, 3.8) is 0 Å². The van der Waals surface area contributed by atoms with Gasteiger partial charge in [0.15, 0.2) is 17.8 Å². The third-order valence-corrected chi connectivity index (χ3v) is 2.20.